The highest BCUT2D eigenvalue weighted by Crippen LogP contribution is 2.41. The zero-order valence-corrected chi connectivity index (χ0v) is 15.8. The predicted molar refractivity (Wildman–Crippen MR) is 103 cm³/mol. The fourth-order valence-electron chi connectivity index (χ4n) is 3.64. The number of rotatable bonds is 5. The van der Waals surface area contributed by atoms with Gasteiger partial charge < -0.3 is 25.4 Å². The molecule has 1 saturated heterocycles. The smallest absolute Gasteiger partial charge is 0.310 e. The molecule has 154 valence electrons. The van der Waals surface area contributed by atoms with Crippen molar-refractivity contribution >= 4 is 17.3 Å². The summed E-state index contributed by atoms with van der Waals surface area (Å²) >= 11 is 0. The summed E-state index contributed by atoms with van der Waals surface area (Å²) in [6, 6.07) is 14.0. The van der Waals surface area contributed by atoms with Crippen molar-refractivity contribution in [3.63, 3.8) is 0 Å². The monoisotopic (exact) mass is 409 g/mol. The minimum absolute atomic E-state index is 0.0282. The highest BCUT2D eigenvalue weighted by molar-refractivity contribution is 5.73. The largest absolute Gasteiger partial charge is 0.456 e. The van der Waals surface area contributed by atoms with Crippen LogP contribution in [0.4, 0.5) is 5.82 Å². The maximum absolute atomic E-state index is 12.4. The number of benzene rings is 1. The summed E-state index contributed by atoms with van der Waals surface area (Å²) in [5.41, 5.74) is 5.24. The van der Waals surface area contributed by atoms with Gasteiger partial charge in [-0.3, -0.25) is 4.79 Å². The number of esters is 1. The predicted octanol–water partition coefficient (Wildman–Crippen LogP) is -0.0631. The van der Waals surface area contributed by atoms with Gasteiger partial charge in [0.05, 0.1) is 18.7 Å². The molecule has 0 spiro atoms. The molecule has 0 aliphatic carbocycles. The lowest BCUT2D eigenvalue weighted by atomic mass is 9.92. The van der Waals surface area contributed by atoms with E-state index in [1.807, 2.05) is 12.1 Å². The molecule has 4 N–H and O–H groups in total. The summed E-state index contributed by atoms with van der Waals surface area (Å²) < 4.78 is 12.5. The topological polar surface area (TPSA) is 156 Å². The molecule has 10 heteroatoms. The van der Waals surface area contributed by atoms with Crippen molar-refractivity contribution in [1.82, 2.24) is 14.6 Å². The molecule has 4 rings (SSSR count). The Morgan fingerprint density at radius 3 is 2.80 bits per heavy atom. The third kappa shape index (κ3) is 3.15. The van der Waals surface area contributed by atoms with E-state index in [1.54, 1.807) is 30.3 Å². The molecule has 2 aromatic heterocycles. The number of anilines is 1. The van der Waals surface area contributed by atoms with Crippen LogP contribution < -0.4 is 5.73 Å². The summed E-state index contributed by atoms with van der Waals surface area (Å²) in [5, 5.41) is 34.8. The molecule has 1 aliphatic rings. The van der Waals surface area contributed by atoms with Crippen molar-refractivity contribution in [2.75, 3.05) is 12.3 Å². The maximum atomic E-state index is 12.4. The number of nitrogens with zero attached hydrogens (tertiary/aromatic N) is 4. The number of nitrogen functional groups attached to an aromatic ring is 1. The van der Waals surface area contributed by atoms with E-state index >= 15 is 0 Å². The molecule has 0 bridgehead atoms. The van der Waals surface area contributed by atoms with Gasteiger partial charge in [0.25, 0.3) is 0 Å². The second-order valence-corrected chi connectivity index (χ2v) is 6.91. The zero-order chi connectivity index (χ0) is 21.3. The second-order valence-electron chi connectivity index (χ2n) is 6.91. The highest BCUT2D eigenvalue weighted by atomic mass is 16.6. The van der Waals surface area contributed by atoms with Crippen LogP contribution in [0.2, 0.25) is 0 Å². The van der Waals surface area contributed by atoms with Crippen LogP contribution >= 0.6 is 0 Å². The Hall–Kier alpha value is -3.52. The Bertz CT molecular complexity index is 1110. The van der Waals surface area contributed by atoms with E-state index in [0.29, 0.717) is 5.52 Å². The van der Waals surface area contributed by atoms with Gasteiger partial charge in [-0.15, -0.1) is 0 Å². The number of ether oxygens (including phenoxy) is 2. The first-order chi connectivity index (χ1) is 14.5. The van der Waals surface area contributed by atoms with Gasteiger partial charge in [-0.05, 0) is 17.7 Å². The second kappa shape index (κ2) is 7.72. The van der Waals surface area contributed by atoms with E-state index < -0.39 is 36.5 Å². The number of fused-ring (bicyclic) bond motifs is 1. The fourth-order valence-corrected chi connectivity index (χ4v) is 3.64. The lowest BCUT2D eigenvalue weighted by Gasteiger charge is -2.24. The van der Waals surface area contributed by atoms with Crippen molar-refractivity contribution < 1.29 is 24.5 Å². The average Bonchev–Trinajstić information content (AvgIpc) is 3.30. The molecule has 0 radical (unpaired) electrons. The van der Waals surface area contributed by atoms with Crippen LogP contribution in [-0.2, 0) is 26.3 Å². The SMILES string of the molecule is N#CC1(c2ccc3c(N)ncnn23)OC(CO)C(OC(=O)Cc2ccccc2)C1O. The minimum atomic E-state index is -1.93. The number of carbonyl (C=O) groups excluding carboxylic acids is 1. The van der Waals surface area contributed by atoms with Crippen molar-refractivity contribution in [3.8, 4) is 6.07 Å². The van der Waals surface area contributed by atoms with Crippen molar-refractivity contribution in [1.29, 1.82) is 5.26 Å². The molecule has 1 aliphatic heterocycles. The van der Waals surface area contributed by atoms with Crippen LogP contribution in [0.15, 0.2) is 48.8 Å². The van der Waals surface area contributed by atoms with E-state index in [-0.39, 0.29) is 17.9 Å². The van der Waals surface area contributed by atoms with Crippen molar-refractivity contribution in [3.05, 3.63) is 60.0 Å². The van der Waals surface area contributed by atoms with E-state index in [0.717, 1.165) is 5.56 Å². The quantitative estimate of drug-likeness (QED) is 0.491. The maximum Gasteiger partial charge on any atom is 0.310 e. The molecule has 30 heavy (non-hydrogen) atoms. The Labute approximate surface area is 171 Å². The first-order valence-electron chi connectivity index (χ1n) is 9.20. The van der Waals surface area contributed by atoms with Gasteiger partial charge in [-0.1, -0.05) is 30.3 Å². The number of hydrogen-bond donors (Lipinski definition) is 3. The molecule has 0 saturated carbocycles. The van der Waals surface area contributed by atoms with Crippen LogP contribution in [0.5, 0.6) is 0 Å². The molecule has 1 aromatic carbocycles. The van der Waals surface area contributed by atoms with Gasteiger partial charge in [0, 0.05) is 0 Å². The number of hydrogen-bond acceptors (Lipinski definition) is 9. The molecule has 4 atom stereocenters. The Kier molecular flexibility index (Phi) is 5.09. The number of nitriles is 1. The lowest BCUT2D eigenvalue weighted by Crippen LogP contribution is -2.43. The molecule has 3 aromatic rings. The fraction of sp³-hybridized carbons (Fsp3) is 0.300. The number of aliphatic hydroxyl groups is 2. The molecule has 0 amide bonds. The summed E-state index contributed by atoms with van der Waals surface area (Å²) in [5.74, 6) is -0.436. The van der Waals surface area contributed by atoms with Gasteiger partial charge in [0.15, 0.2) is 11.9 Å². The summed E-state index contributed by atoms with van der Waals surface area (Å²) in [6.07, 6.45) is -2.76. The van der Waals surface area contributed by atoms with Crippen molar-refractivity contribution in [2.45, 2.75) is 30.3 Å². The molecule has 4 unspecified atom stereocenters. The van der Waals surface area contributed by atoms with Gasteiger partial charge in [-0.25, -0.2) is 9.50 Å². The number of aliphatic hydroxyl groups excluding tert-OH is 2. The summed E-state index contributed by atoms with van der Waals surface area (Å²) in [6.45, 7) is -0.565. The number of nitrogens with two attached hydrogens (primary N) is 1. The Balaban J connectivity index is 1.65. The minimum Gasteiger partial charge on any atom is -0.456 e. The third-order valence-electron chi connectivity index (χ3n) is 5.10. The Morgan fingerprint density at radius 2 is 2.10 bits per heavy atom. The van der Waals surface area contributed by atoms with E-state index in [4.69, 9.17) is 15.2 Å². The van der Waals surface area contributed by atoms with Crippen LogP contribution in [-0.4, -0.2) is 55.7 Å². The van der Waals surface area contributed by atoms with Gasteiger partial charge in [0.2, 0.25) is 5.60 Å². The Morgan fingerprint density at radius 1 is 1.33 bits per heavy atom. The summed E-state index contributed by atoms with van der Waals surface area (Å²) in [4.78, 5) is 16.3. The molecular weight excluding hydrogens is 390 g/mol. The molecule has 10 nitrogen and oxygen atoms in total. The number of carbonyl (C=O) groups is 1. The number of aromatic nitrogens is 3. The van der Waals surface area contributed by atoms with Gasteiger partial charge >= 0.3 is 5.97 Å². The van der Waals surface area contributed by atoms with E-state index in [1.165, 1.54) is 16.9 Å². The zero-order valence-electron chi connectivity index (χ0n) is 15.8. The summed E-state index contributed by atoms with van der Waals surface area (Å²) in [7, 11) is 0. The van der Waals surface area contributed by atoms with Gasteiger partial charge in [-0.2, -0.15) is 10.4 Å². The van der Waals surface area contributed by atoms with E-state index in [2.05, 4.69) is 10.1 Å². The first-order valence-corrected chi connectivity index (χ1v) is 9.20. The van der Waals surface area contributed by atoms with Crippen LogP contribution in [0.25, 0.3) is 5.52 Å². The van der Waals surface area contributed by atoms with E-state index in [9.17, 15) is 20.3 Å². The lowest BCUT2D eigenvalue weighted by molar-refractivity contribution is -0.155. The standard InChI is InChI=1S/C20H19N5O5/c21-10-20(15-7-6-13-19(22)23-11-24-25(13)15)18(28)17(14(9-26)30-20)29-16(27)8-12-4-2-1-3-5-12/h1-7,11,14,17-18,26,28H,8-9H2,(H2,22,23,24). The normalized spacial score (nSPS) is 25.8. The van der Waals surface area contributed by atoms with Crippen molar-refractivity contribution in [2.24, 2.45) is 0 Å². The molecular formula is C20H19N5O5. The molecule has 1 fully saturated rings. The van der Waals surface area contributed by atoms with Crippen LogP contribution in [0.3, 0.4) is 0 Å². The highest BCUT2D eigenvalue weighted by Gasteiger charge is 2.59. The van der Waals surface area contributed by atoms with Crippen LogP contribution in [0.1, 0.15) is 11.3 Å². The van der Waals surface area contributed by atoms with Crippen LogP contribution in [0, 0.1) is 11.3 Å². The molecule has 3 heterocycles. The first kappa shape index (κ1) is 19.8. The van der Waals surface area contributed by atoms with Gasteiger partial charge in [0.1, 0.15) is 30.1 Å². The third-order valence-corrected chi connectivity index (χ3v) is 5.10. The average molecular weight is 409 g/mol.